The minimum atomic E-state index is -0.561. The number of halogens is 4. The SMILES string of the molecule is COc1nc(N2C3CCC34C2C(CCI)N4C(=O)OC(C)(C)C)c2cc(Cl)c(Br)c(F)c2n1. The summed E-state index contributed by atoms with van der Waals surface area (Å²) in [6.07, 6.45) is 2.39. The highest BCUT2D eigenvalue weighted by molar-refractivity contribution is 14.1. The average Bonchev–Trinajstić information content (AvgIpc) is 2.71. The van der Waals surface area contributed by atoms with Crippen LogP contribution in [0, 0.1) is 5.82 Å². The fourth-order valence-electron chi connectivity index (χ4n) is 5.68. The van der Waals surface area contributed by atoms with Crippen molar-refractivity contribution in [3.8, 4) is 6.01 Å². The Morgan fingerprint density at radius 1 is 1.42 bits per heavy atom. The first kappa shape index (κ1) is 23.6. The van der Waals surface area contributed by atoms with Crippen LogP contribution in [0.1, 0.15) is 40.0 Å². The zero-order valence-corrected chi connectivity index (χ0v) is 23.2. The van der Waals surface area contributed by atoms with Gasteiger partial charge < -0.3 is 14.4 Å². The van der Waals surface area contributed by atoms with Gasteiger partial charge in [-0.05, 0) is 62.0 Å². The molecule has 2 aromatic rings. The molecule has 0 radical (unpaired) electrons. The summed E-state index contributed by atoms with van der Waals surface area (Å²) in [5, 5.41) is 0.786. The lowest BCUT2D eigenvalue weighted by Gasteiger charge is -2.83. The lowest BCUT2D eigenvalue weighted by molar-refractivity contribution is -0.203. The Morgan fingerprint density at radius 2 is 2.15 bits per heavy atom. The molecule has 5 rings (SSSR count). The molecule has 33 heavy (non-hydrogen) atoms. The van der Waals surface area contributed by atoms with Crippen LogP contribution in [0.3, 0.4) is 0 Å². The van der Waals surface area contributed by atoms with E-state index in [0.717, 1.165) is 23.7 Å². The molecule has 3 aliphatic rings. The van der Waals surface area contributed by atoms with Crippen molar-refractivity contribution in [3.05, 3.63) is 21.4 Å². The topological polar surface area (TPSA) is 67.8 Å². The highest BCUT2D eigenvalue weighted by Gasteiger charge is 2.80. The van der Waals surface area contributed by atoms with Crippen LogP contribution in [0.25, 0.3) is 10.9 Å². The molecular formula is C22H24BrClFIN4O3. The fraction of sp³-hybridized carbons (Fsp3) is 0.591. The number of amides is 1. The summed E-state index contributed by atoms with van der Waals surface area (Å²) >= 11 is 11.8. The van der Waals surface area contributed by atoms with E-state index in [1.54, 1.807) is 6.07 Å². The number of ether oxygens (including phenoxy) is 2. The Kier molecular flexibility index (Phi) is 5.68. The summed E-state index contributed by atoms with van der Waals surface area (Å²) in [6.45, 7) is 5.65. The van der Waals surface area contributed by atoms with Gasteiger partial charge in [0.2, 0.25) is 0 Å². The lowest BCUT2D eigenvalue weighted by Crippen LogP contribution is -3.00. The maximum absolute atomic E-state index is 15.1. The van der Waals surface area contributed by atoms with Crippen molar-refractivity contribution in [2.24, 2.45) is 0 Å². The van der Waals surface area contributed by atoms with Crippen molar-refractivity contribution in [3.63, 3.8) is 0 Å². The second kappa shape index (κ2) is 7.94. The van der Waals surface area contributed by atoms with Gasteiger partial charge in [-0.25, -0.2) is 9.18 Å². The summed E-state index contributed by atoms with van der Waals surface area (Å²) in [5.41, 5.74) is -0.673. The van der Waals surface area contributed by atoms with Gasteiger partial charge in [-0.15, -0.1) is 0 Å². The maximum Gasteiger partial charge on any atom is 0.411 e. The second-order valence-electron chi connectivity index (χ2n) is 9.71. The zero-order valence-electron chi connectivity index (χ0n) is 18.7. The van der Waals surface area contributed by atoms with Crippen molar-refractivity contribution in [1.82, 2.24) is 14.9 Å². The standard InChI is InChI=1S/C22H24BrClFIN4O3/c1-21(2,3)33-20(31)30-12(6-8-26)17-22(30)7-5-13(22)29(17)18-10-9-11(24)14(23)15(25)16(10)27-19(28-18)32-4/h9,12-13,17H,5-8H2,1-4H3. The number of hydrogen-bond donors (Lipinski definition) is 0. The summed E-state index contributed by atoms with van der Waals surface area (Å²) < 4.78 is 27.2. The predicted molar refractivity (Wildman–Crippen MR) is 136 cm³/mol. The smallest absolute Gasteiger partial charge is 0.411 e. The van der Waals surface area contributed by atoms with Gasteiger partial charge in [-0.1, -0.05) is 34.2 Å². The number of anilines is 1. The third-order valence-electron chi connectivity index (χ3n) is 6.90. The molecule has 1 aromatic carbocycles. The molecule has 1 amide bonds. The van der Waals surface area contributed by atoms with Crippen LogP contribution >= 0.6 is 50.1 Å². The van der Waals surface area contributed by atoms with Crippen LogP contribution in [0.5, 0.6) is 6.01 Å². The van der Waals surface area contributed by atoms with E-state index < -0.39 is 11.4 Å². The quantitative estimate of drug-likeness (QED) is 0.239. The predicted octanol–water partition coefficient (Wildman–Crippen LogP) is 5.73. The third kappa shape index (κ3) is 3.26. The number of hydrogen-bond acceptors (Lipinski definition) is 6. The number of benzene rings is 1. The number of piperazine rings is 1. The highest BCUT2D eigenvalue weighted by Crippen LogP contribution is 2.65. The summed E-state index contributed by atoms with van der Waals surface area (Å²) in [7, 11) is 1.46. The summed E-state index contributed by atoms with van der Waals surface area (Å²) in [4.78, 5) is 26.2. The van der Waals surface area contributed by atoms with Gasteiger partial charge in [0.1, 0.15) is 16.9 Å². The minimum absolute atomic E-state index is 0.0138. The lowest BCUT2D eigenvalue weighted by atomic mass is 9.49. The molecule has 2 saturated heterocycles. The first-order valence-electron chi connectivity index (χ1n) is 10.8. The fourth-order valence-corrected chi connectivity index (χ4v) is 6.81. The van der Waals surface area contributed by atoms with E-state index in [0.29, 0.717) is 11.2 Å². The molecule has 1 aliphatic carbocycles. The molecule has 7 nitrogen and oxygen atoms in total. The molecular weight excluding hydrogens is 630 g/mol. The van der Waals surface area contributed by atoms with Crippen LogP contribution in [-0.4, -0.2) is 61.8 Å². The van der Waals surface area contributed by atoms with E-state index in [1.807, 2.05) is 25.7 Å². The number of carbonyl (C=O) groups is 1. The molecule has 178 valence electrons. The minimum Gasteiger partial charge on any atom is -0.467 e. The van der Waals surface area contributed by atoms with Crippen LogP contribution in [0.15, 0.2) is 10.5 Å². The number of carbonyl (C=O) groups excluding carboxylic acids is 1. The number of alkyl halides is 1. The largest absolute Gasteiger partial charge is 0.467 e. The Bertz CT molecular complexity index is 1160. The molecule has 0 bridgehead atoms. The van der Waals surface area contributed by atoms with E-state index in [1.165, 1.54) is 7.11 Å². The first-order valence-corrected chi connectivity index (χ1v) is 13.5. The van der Waals surface area contributed by atoms with Gasteiger partial charge in [0.25, 0.3) is 0 Å². The van der Waals surface area contributed by atoms with E-state index >= 15 is 4.39 Å². The van der Waals surface area contributed by atoms with Gasteiger partial charge in [0.05, 0.1) is 40.3 Å². The van der Waals surface area contributed by atoms with Gasteiger partial charge >= 0.3 is 12.1 Å². The van der Waals surface area contributed by atoms with E-state index in [4.69, 9.17) is 21.1 Å². The Balaban J connectivity index is 1.59. The molecule has 4 atom stereocenters. The van der Waals surface area contributed by atoms with Crippen molar-refractivity contribution < 1.29 is 18.7 Å². The Labute approximate surface area is 218 Å². The summed E-state index contributed by atoms with van der Waals surface area (Å²) in [6, 6.07) is 1.92. The van der Waals surface area contributed by atoms with Gasteiger partial charge in [-0.2, -0.15) is 9.97 Å². The Morgan fingerprint density at radius 3 is 2.73 bits per heavy atom. The van der Waals surface area contributed by atoms with Gasteiger partial charge in [0, 0.05) is 9.81 Å². The van der Waals surface area contributed by atoms with Crippen molar-refractivity contribution in [1.29, 1.82) is 0 Å². The third-order valence-corrected chi connectivity index (χ3v) is 8.82. The van der Waals surface area contributed by atoms with E-state index in [-0.39, 0.29) is 50.8 Å². The Hall–Kier alpha value is -1.14. The van der Waals surface area contributed by atoms with Gasteiger partial charge in [0.15, 0.2) is 5.82 Å². The van der Waals surface area contributed by atoms with Crippen molar-refractivity contribution in [2.45, 2.75) is 69.3 Å². The van der Waals surface area contributed by atoms with Crippen molar-refractivity contribution in [2.75, 3.05) is 16.4 Å². The number of nitrogens with zero attached hydrogens (tertiary/aromatic N) is 4. The molecule has 1 spiro atoms. The molecule has 4 unspecified atom stereocenters. The monoisotopic (exact) mass is 652 g/mol. The normalized spacial score (nSPS) is 27.8. The molecule has 1 saturated carbocycles. The summed E-state index contributed by atoms with van der Waals surface area (Å²) in [5.74, 6) is 0.0467. The number of fused-ring (bicyclic) bond motifs is 1. The number of piperidine rings is 1. The molecule has 3 heterocycles. The van der Waals surface area contributed by atoms with Crippen LogP contribution in [0.4, 0.5) is 15.0 Å². The van der Waals surface area contributed by atoms with Crippen LogP contribution < -0.4 is 9.64 Å². The van der Waals surface area contributed by atoms with Gasteiger partial charge in [-0.3, -0.25) is 4.90 Å². The highest BCUT2D eigenvalue weighted by atomic mass is 127. The second-order valence-corrected chi connectivity index (χ2v) is 12.0. The number of methoxy groups -OCH3 is 1. The van der Waals surface area contributed by atoms with Crippen molar-refractivity contribution >= 4 is 72.9 Å². The van der Waals surface area contributed by atoms with E-state index in [2.05, 4.69) is 53.4 Å². The van der Waals surface area contributed by atoms with Crippen LogP contribution in [0.2, 0.25) is 5.02 Å². The molecule has 11 heteroatoms. The number of likely N-dealkylation sites (tertiary alicyclic amines) is 1. The molecule has 1 aromatic heterocycles. The van der Waals surface area contributed by atoms with E-state index in [9.17, 15) is 4.79 Å². The average molecular weight is 654 g/mol. The zero-order chi connectivity index (χ0) is 23.9. The number of rotatable bonds is 4. The molecule has 3 fully saturated rings. The maximum atomic E-state index is 15.1. The molecule has 0 N–H and O–H groups in total. The van der Waals surface area contributed by atoms with Crippen LogP contribution in [-0.2, 0) is 4.74 Å². The first-order chi connectivity index (χ1) is 15.5. The number of aromatic nitrogens is 2. The molecule has 2 aliphatic heterocycles.